The quantitative estimate of drug-likeness (QED) is 0.611. The highest BCUT2D eigenvalue weighted by Crippen LogP contribution is 2.18. The van der Waals surface area contributed by atoms with Crippen LogP contribution in [-0.4, -0.2) is 39.4 Å². The number of amides is 2. The van der Waals surface area contributed by atoms with Crippen LogP contribution in [0.4, 0.5) is 10.5 Å². The lowest BCUT2D eigenvalue weighted by Gasteiger charge is -2.15. The van der Waals surface area contributed by atoms with E-state index >= 15 is 0 Å². The minimum absolute atomic E-state index is 0.0411. The molecule has 1 aromatic rings. The summed E-state index contributed by atoms with van der Waals surface area (Å²) in [5, 5.41) is 14.3. The molecule has 2 unspecified atom stereocenters. The standard InChI is InChI=1S/C13H17IN2O4S/c1-8(5-6-21(2)20)15-13(19)16-11-4-3-9(14)7-10(11)12(17)18/h3-4,7-8H,5-6H2,1-2H3,(H,17,18)(H2,15,16,19). The SMILES string of the molecule is CC(CCS(C)=O)NC(=O)Nc1ccc(I)cc1C(=O)O. The van der Waals surface area contributed by atoms with E-state index in [1.54, 1.807) is 25.3 Å². The number of urea groups is 1. The van der Waals surface area contributed by atoms with E-state index < -0.39 is 22.8 Å². The maximum absolute atomic E-state index is 11.8. The summed E-state index contributed by atoms with van der Waals surface area (Å²) in [7, 11) is -0.902. The minimum atomic E-state index is -1.10. The fraction of sp³-hybridized carbons (Fsp3) is 0.385. The van der Waals surface area contributed by atoms with Crippen molar-refractivity contribution in [3.8, 4) is 0 Å². The molecule has 3 N–H and O–H groups in total. The van der Waals surface area contributed by atoms with E-state index in [-0.39, 0.29) is 17.3 Å². The lowest BCUT2D eigenvalue weighted by Crippen LogP contribution is -2.37. The van der Waals surface area contributed by atoms with Crippen molar-refractivity contribution < 1.29 is 18.9 Å². The molecule has 1 rings (SSSR count). The van der Waals surface area contributed by atoms with Gasteiger partial charge in [0.15, 0.2) is 0 Å². The van der Waals surface area contributed by atoms with Crippen molar-refractivity contribution in [2.75, 3.05) is 17.3 Å². The Bertz CT molecular complexity index is 565. The molecule has 0 saturated carbocycles. The summed E-state index contributed by atoms with van der Waals surface area (Å²) in [6, 6.07) is 4.13. The number of nitrogens with one attached hydrogen (secondary N) is 2. The predicted octanol–water partition coefficient (Wildman–Crippen LogP) is 2.27. The van der Waals surface area contributed by atoms with Crippen molar-refractivity contribution in [3.05, 3.63) is 27.3 Å². The topological polar surface area (TPSA) is 95.5 Å². The van der Waals surface area contributed by atoms with Gasteiger partial charge in [-0.15, -0.1) is 0 Å². The highest BCUT2D eigenvalue weighted by molar-refractivity contribution is 14.1. The zero-order valence-electron chi connectivity index (χ0n) is 11.7. The number of aromatic carboxylic acids is 1. The monoisotopic (exact) mass is 424 g/mol. The summed E-state index contributed by atoms with van der Waals surface area (Å²) < 4.78 is 11.8. The number of rotatable bonds is 6. The third-order valence-corrected chi connectivity index (χ3v) is 4.16. The van der Waals surface area contributed by atoms with Crippen LogP contribution in [0.1, 0.15) is 23.7 Å². The van der Waals surface area contributed by atoms with Crippen LogP contribution in [0.2, 0.25) is 0 Å². The van der Waals surface area contributed by atoms with Gasteiger partial charge in [-0.05, 0) is 54.1 Å². The minimum Gasteiger partial charge on any atom is -0.478 e. The van der Waals surface area contributed by atoms with E-state index in [9.17, 15) is 13.8 Å². The molecule has 0 fully saturated rings. The summed E-state index contributed by atoms with van der Waals surface area (Å²) >= 11 is 2.01. The molecule has 8 heteroatoms. The summed E-state index contributed by atoms with van der Waals surface area (Å²) in [5.74, 6) is -0.594. The largest absolute Gasteiger partial charge is 0.478 e. The molecule has 0 radical (unpaired) electrons. The van der Waals surface area contributed by atoms with Gasteiger partial charge in [0.25, 0.3) is 0 Å². The molecule has 21 heavy (non-hydrogen) atoms. The number of carbonyl (C=O) groups is 2. The molecule has 0 heterocycles. The molecular formula is C13H17IN2O4S. The normalized spacial score (nSPS) is 13.3. The lowest BCUT2D eigenvalue weighted by molar-refractivity contribution is 0.0698. The van der Waals surface area contributed by atoms with Crippen LogP contribution in [0, 0.1) is 3.57 Å². The van der Waals surface area contributed by atoms with Gasteiger partial charge in [-0.3, -0.25) is 4.21 Å². The number of anilines is 1. The van der Waals surface area contributed by atoms with Crippen LogP contribution in [0.25, 0.3) is 0 Å². The lowest BCUT2D eigenvalue weighted by atomic mass is 10.2. The number of hydrogen-bond donors (Lipinski definition) is 3. The molecule has 0 spiro atoms. The summed E-state index contributed by atoms with van der Waals surface area (Å²) in [6.45, 7) is 1.80. The zero-order valence-corrected chi connectivity index (χ0v) is 14.7. The van der Waals surface area contributed by atoms with Gasteiger partial charge in [-0.2, -0.15) is 0 Å². The molecule has 2 atom stereocenters. The Hall–Kier alpha value is -1.16. The molecule has 0 aliphatic rings. The Morgan fingerprint density at radius 3 is 2.67 bits per heavy atom. The average Bonchev–Trinajstić information content (AvgIpc) is 2.38. The second-order valence-electron chi connectivity index (χ2n) is 4.56. The first-order chi connectivity index (χ1) is 9.79. The van der Waals surface area contributed by atoms with Crippen LogP contribution in [0.3, 0.4) is 0 Å². The van der Waals surface area contributed by atoms with Crippen molar-refractivity contribution in [2.24, 2.45) is 0 Å². The molecular weight excluding hydrogens is 407 g/mol. The number of carboxylic acids is 1. The summed E-state index contributed by atoms with van der Waals surface area (Å²) in [4.78, 5) is 23.0. The third-order valence-electron chi connectivity index (χ3n) is 2.68. The smallest absolute Gasteiger partial charge is 0.337 e. The Morgan fingerprint density at radius 1 is 1.43 bits per heavy atom. The Labute approximate surface area is 139 Å². The fourth-order valence-corrected chi connectivity index (χ4v) is 2.78. The summed E-state index contributed by atoms with van der Waals surface area (Å²) in [5.41, 5.74) is 0.283. The predicted molar refractivity (Wildman–Crippen MR) is 91.3 cm³/mol. The highest BCUT2D eigenvalue weighted by Gasteiger charge is 2.14. The van der Waals surface area contributed by atoms with Crippen molar-refractivity contribution in [1.29, 1.82) is 0 Å². The number of benzene rings is 1. The van der Waals surface area contributed by atoms with E-state index in [0.717, 1.165) is 3.57 Å². The van der Waals surface area contributed by atoms with Crippen molar-refractivity contribution in [2.45, 2.75) is 19.4 Å². The molecule has 0 aromatic heterocycles. The van der Waals surface area contributed by atoms with Gasteiger partial charge in [-0.25, -0.2) is 9.59 Å². The molecule has 0 bridgehead atoms. The third kappa shape index (κ3) is 6.42. The van der Waals surface area contributed by atoms with Crippen LogP contribution in [-0.2, 0) is 10.8 Å². The Kier molecular flexibility index (Phi) is 7.09. The van der Waals surface area contributed by atoms with Gasteiger partial charge >= 0.3 is 12.0 Å². The summed E-state index contributed by atoms with van der Waals surface area (Å²) in [6.07, 6.45) is 2.20. The van der Waals surface area contributed by atoms with Crippen molar-refractivity contribution >= 4 is 51.1 Å². The van der Waals surface area contributed by atoms with Crippen LogP contribution >= 0.6 is 22.6 Å². The molecule has 1 aromatic carbocycles. The number of halogens is 1. The van der Waals surface area contributed by atoms with Gasteiger partial charge in [0.2, 0.25) is 0 Å². The van der Waals surface area contributed by atoms with E-state index in [0.29, 0.717) is 12.2 Å². The van der Waals surface area contributed by atoms with E-state index in [1.165, 1.54) is 6.07 Å². The molecule has 2 amide bonds. The maximum Gasteiger partial charge on any atom is 0.337 e. The maximum atomic E-state index is 11.8. The molecule has 0 saturated heterocycles. The number of carboxylic acid groups (broad SMARTS) is 1. The van der Waals surface area contributed by atoms with Gasteiger partial charge in [0.1, 0.15) is 0 Å². The average molecular weight is 424 g/mol. The van der Waals surface area contributed by atoms with Gasteiger partial charge < -0.3 is 15.7 Å². The van der Waals surface area contributed by atoms with Crippen LogP contribution in [0.5, 0.6) is 0 Å². The first-order valence-corrected chi connectivity index (χ1v) is 9.00. The van der Waals surface area contributed by atoms with Gasteiger partial charge in [0.05, 0.1) is 11.3 Å². The zero-order chi connectivity index (χ0) is 16.0. The van der Waals surface area contributed by atoms with E-state index in [1.807, 2.05) is 22.6 Å². The molecule has 0 aliphatic heterocycles. The Balaban J connectivity index is 2.66. The second kappa shape index (κ2) is 8.32. The van der Waals surface area contributed by atoms with E-state index in [4.69, 9.17) is 5.11 Å². The number of carbonyl (C=O) groups excluding carboxylic acids is 1. The van der Waals surface area contributed by atoms with Gasteiger partial charge in [0, 0.05) is 32.4 Å². The van der Waals surface area contributed by atoms with E-state index in [2.05, 4.69) is 10.6 Å². The Morgan fingerprint density at radius 2 is 2.10 bits per heavy atom. The highest BCUT2D eigenvalue weighted by atomic mass is 127. The van der Waals surface area contributed by atoms with Crippen molar-refractivity contribution in [1.82, 2.24) is 5.32 Å². The van der Waals surface area contributed by atoms with Crippen molar-refractivity contribution in [3.63, 3.8) is 0 Å². The van der Waals surface area contributed by atoms with Crippen LogP contribution in [0.15, 0.2) is 18.2 Å². The van der Waals surface area contributed by atoms with Gasteiger partial charge in [-0.1, -0.05) is 0 Å². The molecule has 116 valence electrons. The molecule has 6 nitrogen and oxygen atoms in total. The number of hydrogen-bond acceptors (Lipinski definition) is 3. The van der Waals surface area contributed by atoms with Crippen LogP contribution < -0.4 is 10.6 Å². The second-order valence-corrected chi connectivity index (χ2v) is 7.36. The molecule has 0 aliphatic carbocycles. The first-order valence-electron chi connectivity index (χ1n) is 6.20. The fourth-order valence-electron chi connectivity index (χ4n) is 1.60. The first kappa shape index (κ1) is 17.9.